The van der Waals surface area contributed by atoms with E-state index in [1.807, 2.05) is 0 Å². The lowest BCUT2D eigenvalue weighted by molar-refractivity contribution is 0.401. The van der Waals surface area contributed by atoms with Crippen molar-refractivity contribution in [1.29, 1.82) is 0 Å². The van der Waals surface area contributed by atoms with Crippen LogP contribution in [0.5, 0.6) is 0 Å². The quantitative estimate of drug-likeness (QED) is 0.276. The van der Waals surface area contributed by atoms with Crippen molar-refractivity contribution in [1.82, 2.24) is 0 Å². The summed E-state index contributed by atoms with van der Waals surface area (Å²) in [5.41, 5.74) is 0. The van der Waals surface area contributed by atoms with Crippen LogP contribution in [0.2, 0.25) is 6.04 Å². The van der Waals surface area contributed by atoms with Gasteiger partial charge in [-0.1, -0.05) is 110 Å². The van der Waals surface area contributed by atoms with E-state index in [9.17, 15) is 0 Å². The molecule has 0 aromatic carbocycles. The fourth-order valence-corrected chi connectivity index (χ4v) is 3.53. The highest BCUT2D eigenvalue weighted by Crippen LogP contribution is 2.14. The summed E-state index contributed by atoms with van der Waals surface area (Å²) >= 11 is 0. The Labute approximate surface area is 135 Å². The van der Waals surface area contributed by atoms with Gasteiger partial charge in [0.1, 0.15) is 0 Å². The molecule has 0 aliphatic heterocycles. The number of hydrogen-bond donors (Lipinski definition) is 2. The third-order valence-corrected chi connectivity index (χ3v) is 5.24. The van der Waals surface area contributed by atoms with Crippen LogP contribution in [0.25, 0.3) is 0 Å². The fourth-order valence-electron chi connectivity index (χ4n) is 2.88. The summed E-state index contributed by atoms with van der Waals surface area (Å²) in [4.78, 5) is 17.7. The van der Waals surface area contributed by atoms with Crippen molar-refractivity contribution >= 4 is 9.28 Å². The first-order chi connectivity index (χ1) is 10.3. The normalized spacial score (nSPS) is 11.4. The highest BCUT2D eigenvalue weighted by atomic mass is 28.3. The average molecular weight is 317 g/mol. The van der Waals surface area contributed by atoms with Gasteiger partial charge in [0, 0.05) is 0 Å². The van der Waals surface area contributed by atoms with Crippen molar-refractivity contribution in [2.75, 3.05) is 0 Å². The second-order valence-corrected chi connectivity index (χ2v) is 8.11. The largest absolute Gasteiger partial charge is 0.413 e. The van der Waals surface area contributed by atoms with Gasteiger partial charge in [-0.15, -0.1) is 0 Å². The van der Waals surface area contributed by atoms with Crippen LogP contribution in [-0.2, 0) is 0 Å². The molecule has 2 nitrogen and oxygen atoms in total. The van der Waals surface area contributed by atoms with E-state index in [0.29, 0.717) is 6.04 Å². The first-order valence-corrected chi connectivity index (χ1v) is 11.5. The molecule has 128 valence electrons. The van der Waals surface area contributed by atoms with Crippen LogP contribution in [0.4, 0.5) is 0 Å². The van der Waals surface area contributed by atoms with Gasteiger partial charge in [0.25, 0.3) is 0 Å². The van der Waals surface area contributed by atoms with Gasteiger partial charge >= 0.3 is 9.28 Å². The maximum atomic E-state index is 8.86. The van der Waals surface area contributed by atoms with E-state index < -0.39 is 9.28 Å². The third kappa shape index (κ3) is 20.1. The predicted molar refractivity (Wildman–Crippen MR) is 95.9 cm³/mol. The van der Waals surface area contributed by atoms with Gasteiger partial charge < -0.3 is 9.59 Å². The third-order valence-electron chi connectivity index (χ3n) is 4.32. The Balaban J connectivity index is 2.93. The Hall–Kier alpha value is 0.137. The lowest BCUT2D eigenvalue weighted by Crippen LogP contribution is -2.09. The molecule has 0 saturated carbocycles. The van der Waals surface area contributed by atoms with Crippen molar-refractivity contribution in [3.8, 4) is 0 Å². The molecule has 0 heterocycles. The molecule has 0 spiro atoms. The summed E-state index contributed by atoms with van der Waals surface area (Å²) in [7, 11) is -2.26. The van der Waals surface area contributed by atoms with Crippen molar-refractivity contribution < 1.29 is 9.59 Å². The molecular formula is C18H40O2Si. The summed E-state index contributed by atoms with van der Waals surface area (Å²) in [5.74, 6) is 0. The molecule has 0 saturated heterocycles. The van der Waals surface area contributed by atoms with Crippen LogP contribution in [0.3, 0.4) is 0 Å². The van der Waals surface area contributed by atoms with E-state index in [2.05, 4.69) is 6.92 Å². The highest BCUT2D eigenvalue weighted by Gasteiger charge is 2.00. The SMILES string of the molecule is CCCCCCCCCCCCCCCCCC[SiH](O)O. The van der Waals surface area contributed by atoms with E-state index >= 15 is 0 Å². The van der Waals surface area contributed by atoms with Gasteiger partial charge in [-0.05, 0) is 6.04 Å². The lowest BCUT2D eigenvalue weighted by atomic mass is 10.0. The van der Waals surface area contributed by atoms with Gasteiger partial charge in [-0.2, -0.15) is 0 Å². The topological polar surface area (TPSA) is 40.5 Å². The minimum atomic E-state index is -2.26. The Kier molecular flexibility index (Phi) is 18.3. The van der Waals surface area contributed by atoms with Gasteiger partial charge in [-0.25, -0.2) is 0 Å². The van der Waals surface area contributed by atoms with E-state index in [-0.39, 0.29) is 0 Å². The molecule has 0 bridgehead atoms. The van der Waals surface area contributed by atoms with Crippen LogP contribution in [0.15, 0.2) is 0 Å². The minimum Gasteiger partial charge on any atom is -0.413 e. The number of unbranched alkanes of at least 4 members (excludes halogenated alkanes) is 15. The van der Waals surface area contributed by atoms with Crippen molar-refractivity contribution in [2.45, 2.75) is 116 Å². The summed E-state index contributed by atoms with van der Waals surface area (Å²) in [6.45, 7) is 2.28. The summed E-state index contributed by atoms with van der Waals surface area (Å²) in [6, 6.07) is 0.679. The zero-order chi connectivity index (χ0) is 15.6. The first kappa shape index (κ1) is 21.1. The molecule has 0 aromatic heterocycles. The molecule has 0 radical (unpaired) electrons. The van der Waals surface area contributed by atoms with Crippen LogP contribution < -0.4 is 0 Å². The Bertz CT molecular complexity index is 186. The molecule has 0 fully saturated rings. The van der Waals surface area contributed by atoms with Crippen molar-refractivity contribution in [3.63, 3.8) is 0 Å². The Morgan fingerprint density at radius 3 is 1.05 bits per heavy atom. The second-order valence-electron chi connectivity index (χ2n) is 6.57. The molecule has 0 aromatic rings. The van der Waals surface area contributed by atoms with E-state index in [0.717, 1.165) is 6.42 Å². The van der Waals surface area contributed by atoms with Gasteiger partial charge in [0.2, 0.25) is 0 Å². The van der Waals surface area contributed by atoms with Gasteiger partial charge in [0.15, 0.2) is 0 Å². The zero-order valence-corrected chi connectivity index (χ0v) is 15.6. The fraction of sp³-hybridized carbons (Fsp3) is 1.00. The Morgan fingerprint density at radius 2 is 0.762 bits per heavy atom. The maximum absolute atomic E-state index is 8.86. The molecule has 0 aliphatic rings. The molecular weight excluding hydrogens is 276 g/mol. The van der Waals surface area contributed by atoms with Gasteiger partial charge in [0.05, 0.1) is 0 Å². The van der Waals surface area contributed by atoms with Crippen LogP contribution >= 0.6 is 0 Å². The molecule has 0 unspecified atom stereocenters. The van der Waals surface area contributed by atoms with Gasteiger partial charge in [-0.3, -0.25) is 0 Å². The van der Waals surface area contributed by atoms with Crippen LogP contribution in [-0.4, -0.2) is 18.9 Å². The van der Waals surface area contributed by atoms with Crippen molar-refractivity contribution in [2.24, 2.45) is 0 Å². The summed E-state index contributed by atoms with van der Waals surface area (Å²) in [6.07, 6.45) is 21.9. The first-order valence-electron chi connectivity index (χ1n) is 9.63. The summed E-state index contributed by atoms with van der Waals surface area (Å²) in [5, 5.41) is 0. The number of rotatable bonds is 17. The summed E-state index contributed by atoms with van der Waals surface area (Å²) < 4.78 is 0. The minimum absolute atomic E-state index is 0.679. The molecule has 0 aliphatic carbocycles. The van der Waals surface area contributed by atoms with E-state index in [1.54, 1.807) is 0 Å². The zero-order valence-electron chi connectivity index (χ0n) is 14.5. The standard InChI is InChI=1S/C18H40O2Si/c1-2-3-4-5-6-7-8-9-10-11-12-13-14-15-16-17-18-21(19)20/h19-21H,2-18H2,1H3. The van der Waals surface area contributed by atoms with Crippen LogP contribution in [0, 0.1) is 0 Å². The molecule has 2 N–H and O–H groups in total. The predicted octanol–water partition coefficient (Wildman–Crippen LogP) is 5.45. The number of hydrogen-bond acceptors (Lipinski definition) is 2. The van der Waals surface area contributed by atoms with E-state index in [4.69, 9.17) is 9.59 Å². The lowest BCUT2D eigenvalue weighted by Gasteiger charge is -2.03. The smallest absolute Gasteiger partial charge is 0.315 e. The highest BCUT2D eigenvalue weighted by molar-refractivity contribution is 6.40. The molecule has 0 atom stereocenters. The Morgan fingerprint density at radius 1 is 0.476 bits per heavy atom. The molecule has 21 heavy (non-hydrogen) atoms. The molecule has 0 rings (SSSR count). The monoisotopic (exact) mass is 316 g/mol. The molecule has 0 amide bonds. The van der Waals surface area contributed by atoms with Crippen molar-refractivity contribution in [3.05, 3.63) is 0 Å². The molecule has 3 heteroatoms. The maximum Gasteiger partial charge on any atom is 0.315 e. The van der Waals surface area contributed by atoms with Crippen LogP contribution in [0.1, 0.15) is 110 Å². The average Bonchev–Trinajstić information content (AvgIpc) is 2.46. The second kappa shape index (κ2) is 18.2. The van der Waals surface area contributed by atoms with E-state index in [1.165, 1.54) is 96.3 Å².